The highest BCUT2D eigenvalue weighted by Gasteiger charge is 2.15. The van der Waals surface area contributed by atoms with Crippen molar-refractivity contribution < 1.29 is 19.4 Å². The van der Waals surface area contributed by atoms with Crippen molar-refractivity contribution >= 4 is 27.6 Å². The van der Waals surface area contributed by atoms with Crippen LogP contribution in [0.25, 0.3) is 21.5 Å². The molecule has 7 nitrogen and oxygen atoms in total. The predicted octanol–water partition coefficient (Wildman–Crippen LogP) is 1.65. The lowest BCUT2D eigenvalue weighted by Crippen LogP contribution is -1.95. The lowest BCUT2D eigenvalue weighted by atomic mass is 10.1. The number of nitrogens with one attached hydrogen (secondary N) is 1. The maximum absolute atomic E-state index is 11.1. The Morgan fingerprint density at radius 2 is 2.16 bits per heavy atom. The smallest absolute Gasteiger partial charge is 0.396 e. The Bertz CT molecular complexity index is 844. The van der Waals surface area contributed by atoms with Crippen molar-refractivity contribution in [3.63, 3.8) is 0 Å². The summed E-state index contributed by atoms with van der Waals surface area (Å²) in [5.41, 5.74) is 0.771. The molecule has 0 unspecified atom stereocenters. The number of hydrogen-bond donors (Lipinski definition) is 3. The number of rotatable bonds is 2. The molecule has 0 aliphatic carbocycles. The second kappa shape index (κ2) is 3.95. The number of H-pyrrole nitrogens is 1. The van der Waals surface area contributed by atoms with Crippen LogP contribution in [0.5, 0.6) is 5.75 Å². The Morgan fingerprint density at radius 1 is 1.37 bits per heavy atom. The normalized spacial score (nSPS) is 10.9. The fraction of sp³-hybridized carbons (Fsp3) is 0. The van der Waals surface area contributed by atoms with E-state index in [2.05, 4.69) is 10.2 Å². The molecule has 0 bridgehead atoms. The van der Waals surface area contributed by atoms with Gasteiger partial charge < -0.3 is 14.6 Å². The molecule has 0 radical (unpaired) electrons. The number of fused-ring (bicyclic) bond motifs is 1. The Labute approximate surface area is 108 Å². The number of aromatic carboxylic acids is 1. The van der Waals surface area contributed by atoms with Crippen molar-refractivity contribution in [2.75, 3.05) is 0 Å². The summed E-state index contributed by atoms with van der Waals surface area (Å²) in [6.07, 6.45) is 0. The van der Waals surface area contributed by atoms with Crippen molar-refractivity contribution in [2.45, 2.75) is 0 Å². The minimum absolute atomic E-state index is 0.0960. The zero-order valence-electron chi connectivity index (χ0n) is 9.21. The quantitative estimate of drug-likeness (QED) is 0.656. The number of carboxylic acids is 1. The number of phenols is 1. The topological polar surface area (TPSA) is 116 Å². The highest BCUT2D eigenvalue weighted by atomic mass is 32.1. The summed E-state index contributed by atoms with van der Waals surface area (Å²) in [5.74, 6) is -1.26. The van der Waals surface area contributed by atoms with Gasteiger partial charge in [0.05, 0.1) is 10.4 Å². The number of aromatic amines is 1. The zero-order valence-corrected chi connectivity index (χ0v) is 10.0. The van der Waals surface area contributed by atoms with Gasteiger partial charge in [0, 0.05) is 11.6 Å². The first-order valence-electron chi connectivity index (χ1n) is 5.10. The van der Waals surface area contributed by atoms with E-state index in [9.17, 15) is 14.7 Å². The van der Waals surface area contributed by atoms with Gasteiger partial charge in [-0.15, -0.1) is 0 Å². The van der Waals surface area contributed by atoms with Crippen molar-refractivity contribution in [1.82, 2.24) is 10.2 Å². The van der Waals surface area contributed by atoms with Gasteiger partial charge in [-0.25, -0.2) is 9.59 Å². The van der Waals surface area contributed by atoms with Gasteiger partial charge in [-0.3, -0.25) is 5.10 Å². The van der Waals surface area contributed by atoms with Gasteiger partial charge in [-0.05, 0) is 12.1 Å². The minimum atomic E-state index is -1.15. The van der Waals surface area contributed by atoms with E-state index in [-0.39, 0.29) is 22.7 Å². The monoisotopic (exact) mass is 278 g/mol. The van der Waals surface area contributed by atoms with Crippen LogP contribution in [0, 0.1) is 0 Å². The number of aromatic hydroxyl groups is 1. The molecule has 3 N–H and O–H groups in total. The molecule has 0 aliphatic rings. The fourth-order valence-electron chi connectivity index (χ4n) is 1.68. The van der Waals surface area contributed by atoms with Crippen LogP contribution in [0.3, 0.4) is 0 Å². The highest BCUT2D eigenvalue weighted by molar-refractivity contribution is 7.16. The molecule has 0 aliphatic heterocycles. The maximum atomic E-state index is 11.1. The molecule has 0 fully saturated rings. The van der Waals surface area contributed by atoms with E-state index >= 15 is 0 Å². The number of carbonyl (C=O) groups is 1. The van der Waals surface area contributed by atoms with Crippen LogP contribution in [0.2, 0.25) is 0 Å². The van der Waals surface area contributed by atoms with Crippen LogP contribution >= 0.6 is 11.3 Å². The van der Waals surface area contributed by atoms with Gasteiger partial charge in [0.25, 0.3) is 0 Å². The van der Waals surface area contributed by atoms with Gasteiger partial charge in [-0.1, -0.05) is 11.3 Å². The molecule has 0 amide bonds. The summed E-state index contributed by atoms with van der Waals surface area (Å²) in [5, 5.41) is 24.8. The van der Waals surface area contributed by atoms with Crippen LogP contribution in [0.15, 0.2) is 27.4 Å². The van der Waals surface area contributed by atoms with Gasteiger partial charge in [0.15, 0.2) is 0 Å². The Hall–Kier alpha value is -2.61. The molecule has 0 atom stereocenters. The maximum Gasteiger partial charge on any atom is 0.396 e. The molecule has 1 aromatic carbocycles. The van der Waals surface area contributed by atoms with Crippen LogP contribution < -0.4 is 4.94 Å². The molecule has 0 saturated heterocycles. The van der Waals surface area contributed by atoms with Crippen molar-refractivity contribution in [3.05, 3.63) is 33.6 Å². The first-order chi connectivity index (χ1) is 9.04. The van der Waals surface area contributed by atoms with E-state index in [0.717, 1.165) is 11.3 Å². The van der Waals surface area contributed by atoms with Crippen molar-refractivity contribution in [2.24, 2.45) is 0 Å². The van der Waals surface area contributed by atoms with Crippen LogP contribution in [-0.4, -0.2) is 26.4 Å². The van der Waals surface area contributed by atoms with E-state index in [0.29, 0.717) is 10.3 Å². The van der Waals surface area contributed by atoms with Crippen LogP contribution in [-0.2, 0) is 0 Å². The first-order valence-corrected chi connectivity index (χ1v) is 5.92. The highest BCUT2D eigenvalue weighted by Crippen LogP contribution is 2.33. The molecule has 0 saturated carbocycles. The number of hydrogen-bond acceptors (Lipinski definition) is 6. The van der Waals surface area contributed by atoms with Crippen LogP contribution in [0.4, 0.5) is 0 Å². The van der Waals surface area contributed by atoms with E-state index in [1.54, 1.807) is 0 Å². The lowest BCUT2D eigenvalue weighted by Gasteiger charge is -1.99. The molecule has 2 aromatic heterocycles. The standard InChI is InChI=1S/C11H6N2O5S/c14-7-3-9-8(18-11(17)19-9)1-4(7)5-2-6(10(15)16)13-12-5/h1-3,14H,(H,12,13)(H,15,16). The van der Waals surface area contributed by atoms with E-state index in [1.165, 1.54) is 18.2 Å². The number of phenolic OH excluding ortho intramolecular Hbond substituents is 1. The molecule has 96 valence electrons. The second-order valence-corrected chi connectivity index (χ2v) is 4.72. The van der Waals surface area contributed by atoms with Gasteiger partial charge in [0.1, 0.15) is 17.0 Å². The summed E-state index contributed by atoms with van der Waals surface area (Å²) in [6, 6.07) is 4.12. The Balaban J connectivity index is 2.20. The lowest BCUT2D eigenvalue weighted by molar-refractivity contribution is 0.0690. The first kappa shape index (κ1) is 11.5. The molecule has 3 rings (SSSR count). The molecular formula is C11H6N2O5S. The minimum Gasteiger partial charge on any atom is -0.507 e. The molecule has 8 heteroatoms. The fourth-order valence-corrected chi connectivity index (χ4v) is 2.37. The number of nitrogens with zero attached hydrogens (tertiary/aromatic N) is 1. The summed E-state index contributed by atoms with van der Waals surface area (Å²) < 4.78 is 5.45. The Kier molecular flexibility index (Phi) is 2.39. The predicted molar refractivity (Wildman–Crippen MR) is 66.6 cm³/mol. The molecular weight excluding hydrogens is 272 g/mol. The van der Waals surface area contributed by atoms with E-state index < -0.39 is 10.9 Å². The third kappa shape index (κ3) is 1.87. The van der Waals surface area contributed by atoms with E-state index in [4.69, 9.17) is 9.52 Å². The largest absolute Gasteiger partial charge is 0.507 e. The number of aromatic nitrogens is 2. The summed E-state index contributed by atoms with van der Waals surface area (Å²) >= 11 is 0.876. The molecule has 19 heavy (non-hydrogen) atoms. The molecule has 3 aromatic rings. The SMILES string of the molecule is O=C(O)c1cc(-c2cc3oc(=O)sc3cc2O)n[nH]1. The zero-order chi connectivity index (χ0) is 13.6. The van der Waals surface area contributed by atoms with Crippen molar-refractivity contribution in [3.8, 4) is 17.0 Å². The van der Waals surface area contributed by atoms with Crippen LogP contribution in [0.1, 0.15) is 10.5 Å². The summed E-state index contributed by atoms with van der Waals surface area (Å²) in [6.45, 7) is 0. The van der Waals surface area contributed by atoms with Gasteiger partial charge in [-0.2, -0.15) is 5.10 Å². The summed E-state index contributed by atoms with van der Waals surface area (Å²) in [7, 11) is 0. The third-order valence-electron chi connectivity index (χ3n) is 2.53. The Morgan fingerprint density at radius 3 is 2.84 bits per heavy atom. The second-order valence-electron chi connectivity index (χ2n) is 3.74. The average Bonchev–Trinajstić information content (AvgIpc) is 2.92. The average molecular weight is 278 g/mol. The summed E-state index contributed by atoms with van der Waals surface area (Å²) in [4.78, 5) is 21.4. The molecule has 0 spiro atoms. The van der Waals surface area contributed by atoms with Gasteiger partial charge in [0.2, 0.25) is 0 Å². The number of benzene rings is 1. The van der Waals surface area contributed by atoms with Crippen molar-refractivity contribution in [1.29, 1.82) is 0 Å². The molecule has 2 heterocycles. The van der Waals surface area contributed by atoms with E-state index in [1.807, 2.05) is 0 Å². The third-order valence-corrected chi connectivity index (χ3v) is 3.32. The number of carboxylic acid groups (broad SMARTS) is 1. The van der Waals surface area contributed by atoms with Gasteiger partial charge >= 0.3 is 10.9 Å².